The molecule has 3 heteroatoms. The van der Waals surface area contributed by atoms with Gasteiger partial charge in [-0.15, -0.1) is 0 Å². The Kier molecular flexibility index (Phi) is 4.61. The number of hydrogen-bond donors (Lipinski definition) is 2. The van der Waals surface area contributed by atoms with Crippen molar-refractivity contribution in [3.8, 4) is 5.75 Å². The quantitative estimate of drug-likeness (QED) is 0.806. The summed E-state index contributed by atoms with van der Waals surface area (Å²) in [5, 5.41) is 12.4. The maximum absolute atomic E-state index is 8.87. The Morgan fingerprint density at radius 1 is 1.39 bits per heavy atom. The van der Waals surface area contributed by atoms with Crippen LogP contribution in [0.2, 0.25) is 0 Å². The normalized spacial score (nSPS) is 18.9. The van der Waals surface area contributed by atoms with E-state index in [0.717, 1.165) is 38.2 Å². The van der Waals surface area contributed by atoms with E-state index in [2.05, 4.69) is 31.3 Å². The average Bonchev–Trinajstić information content (AvgIpc) is 2.53. The summed E-state index contributed by atoms with van der Waals surface area (Å²) < 4.78 is 5.88. The lowest BCUT2D eigenvalue weighted by Crippen LogP contribution is -2.23. The van der Waals surface area contributed by atoms with E-state index in [0.29, 0.717) is 6.04 Å². The standard InChI is InChI=1S/C15H23NO2/c1-11-9-12(2)15-13(10-11)14(5-3-8-18-15)16-6-4-7-17/h9-10,14,16-17H,3-8H2,1-2H3. The summed E-state index contributed by atoms with van der Waals surface area (Å²) >= 11 is 0. The highest BCUT2D eigenvalue weighted by atomic mass is 16.5. The molecule has 0 bridgehead atoms. The zero-order valence-corrected chi connectivity index (χ0v) is 11.3. The molecule has 1 aliphatic heterocycles. The van der Waals surface area contributed by atoms with Gasteiger partial charge in [-0.25, -0.2) is 0 Å². The van der Waals surface area contributed by atoms with Crippen LogP contribution >= 0.6 is 0 Å². The van der Waals surface area contributed by atoms with E-state index in [1.54, 1.807) is 0 Å². The van der Waals surface area contributed by atoms with Crippen LogP contribution in [0.15, 0.2) is 12.1 Å². The molecule has 2 rings (SSSR count). The third-order valence-electron chi connectivity index (χ3n) is 3.43. The fraction of sp³-hybridized carbons (Fsp3) is 0.600. The maximum atomic E-state index is 8.87. The summed E-state index contributed by atoms with van der Waals surface area (Å²) in [6, 6.07) is 4.76. The molecule has 18 heavy (non-hydrogen) atoms. The van der Waals surface area contributed by atoms with Crippen molar-refractivity contribution in [1.29, 1.82) is 0 Å². The summed E-state index contributed by atoms with van der Waals surface area (Å²) in [4.78, 5) is 0. The van der Waals surface area contributed by atoms with E-state index >= 15 is 0 Å². The molecule has 0 saturated heterocycles. The molecule has 1 aromatic rings. The van der Waals surface area contributed by atoms with Gasteiger partial charge < -0.3 is 15.2 Å². The summed E-state index contributed by atoms with van der Waals surface area (Å²) in [5.41, 5.74) is 3.79. The Labute approximate surface area is 109 Å². The molecule has 100 valence electrons. The number of aryl methyl sites for hydroxylation is 2. The van der Waals surface area contributed by atoms with Crippen LogP contribution in [0.25, 0.3) is 0 Å². The molecular weight excluding hydrogens is 226 g/mol. The first kappa shape index (κ1) is 13.4. The van der Waals surface area contributed by atoms with Gasteiger partial charge in [0.05, 0.1) is 6.61 Å². The molecule has 0 fully saturated rings. The van der Waals surface area contributed by atoms with Gasteiger partial charge in [-0.3, -0.25) is 0 Å². The molecular formula is C15H23NO2. The van der Waals surface area contributed by atoms with E-state index in [9.17, 15) is 0 Å². The van der Waals surface area contributed by atoms with Crippen molar-refractivity contribution in [2.24, 2.45) is 0 Å². The number of benzene rings is 1. The van der Waals surface area contributed by atoms with Gasteiger partial charge in [-0.1, -0.05) is 17.7 Å². The topological polar surface area (TPSA) is 41.5 Å². The van der Waals surface area contributed by atoms with Crippen molar-refractivity contribution in [2.75, 3.05) is 19.8 Å². The zero-order chi connectivity index (χ0) is 13.0. The van der Waals surface area contributed by atoms with Crippen LogP contribution in [-0.2, 0) is 0 Å². The Balaban J connectivity index is 2.23. The number of aliphatic hydroxyl groups is 1. The van der Waals surface area contributed by atoms with Gasteiger partial charge in [0.1, 0.15) is 5.75 Å². The number of ether oxygens (including phenoxy) is 1. The summed E-state index contributed by atoms with van der Waals surface area (Å²) in [5.74, 6) is 1.06. The minimum atomic E-state index is 0.246. The lowest BCUT2D eigenvalue weighted by atomic mass is 9.97. The van der Waals surface area contributed by atoms with E-state index < -0.39 is 0 Å². The van der Waals surface area contributed by atoms with E-state index in [4.69, 9.17) is 9.84 Å². The molecule has 1 unspecified atom stereocenters. The Morgan fingerprint density at radius 3 is 3.00 bits per heavy atom. The fourth-order valence-electron chi connectivity index (χ4n) is 2.63. The molecule has 1 aromatic carbocycles. The summed E-state index contributed by atoms with van der Waals surface area (Å²) in [7, 11) is 0. The fourth-order valence-corrected chi connectivity index (χ4v) is 2.63. The van der Waals surface area contributed by atoms with Crippen molar-refractivity contribution in [1.82, 2.24) is 5.32 Å². The molecule has 3 nitrogen and oxygen atoms in total. The Bertz CT molecular complexity index is 404. The molecule has 0 aliphatic carbocycles. The average molecular weight is 249 g/mol. The molecule has 1 heterocycles. The molecule has 1 atom stereocenters. The van der Waals surface area contributed by atoms with Crippen molar-refractivity contribution in [3.63, 3.8) is 0 Å². The second-order valence-corrected chi connectivity index (χ2v) is 5.07. The third kappa shape index (κ3) is 3.03. The van der Waals surface area contributed by atoms with Gasteiger partial charge in [-0.2, -0.15) is 0 Å². The number of hydrogen-bond acceptors (Lipinski definition) is 3. The van der Waals surface area contributed by atoms with Gasteiger partial charge in [0, 0.05) is 18.2 Å². The summed E-state index contributed by atoms with van der Waals surface area (Å²) in [6.45, 7) is 6.14. The minimum absolute atomic E-state index is 0.246. The van der Waals surface area contributed by atoms with E-state index in [1.165, 1.54) is 16.7 Å². The first-order valence-electron chi connectivity index (χ1n) is 6.80. The predicted octanol–water partition coefficient (Wildman–Crippen LogP) is 2.49. The number of nitrogens with one attached hydrogen (secondary N) is 1. The highest BCUT2D eigenvalue weighted by Gasteiger charge is 2.20. The third-order valence-corrected chi connectivity index (χ3v) is 3.43. The van der Waals surface area contributed by atoms with Crippen LogP contribution < -0.4 is 10.1 Å². The Morgan fingerprint density at radius 2 is 2.22 bits per heavy atom. The van der Waals surface area contributed by atoms with Crippen LogP contribution in [-0.4, -0.2) is 24.9 Å². The largest absolute Gasteiger partial charge is 0.493 e. The lowest BCUT2D eigenvalue weighted by Gasteiger charge is -2.20. The van der Waals surface area contributed by atoms with Crippen molar-refractivity contribution in [3.05, 3.63) is 28.8 Å². The number of aliphatic hydroxyl groups excluding tert-OH is 1. The van der Waals surface area contributed by atoms with Crippen molar-refractivity contribution < 1.29 is 9.84 Å². The van der Waals surface area contributed by atoms with Gasteiger partial charge in [-0.05, 0) is 45.2 Å². The van der Waals surface area contributed by atoms with Crippen molar-refractivity contribution >= 4 is 0 Å². The smallest absolute Gasteiger partial charge is 0.126 e. The van der Waals surface area contributed by atoms with Crippen LogP contribution in [0.5, 0.6) is 5.75 Å². The monoisotopic (exact) mass is 249 g/mol. The molecule has 2 N–H and O–H groups in total. The summed E-state index contributed by atoms with van der Waals surface area (Å²) in [6.07, 6.45) is 2.97. The van der Waals surface area contributed by atoms with Gasteiger partial charge in [0.25, 0.3) is 0 Å². The molecule has 0 spiro atoms. The number of rotatable bonds is 4. The minimum Gasteiger partial charge on any atom is -0.493 e. The highest BCUT2D eigenvalue weighted by molar-refractivity contribution is 5.46. The molecule has 0 radical (unpaired) electrons. The highest BCUT2D eigenvalue weighted by Crippen LogP contribution is 2.35. The lowest BCUT2D eigenvalue weighted by molar-refractivity contribution is 0.282. The van der Waals surface area contributed by atoms with E-state index in [1.807, 2.05) is 0 Å². The second-order valence-electron chi connectivity index (χ2n) is 5.07. The zero-order valence-electron chi connectivity index (χ0n) is 11.3. The molecule has 0 saturated carbocycles. The predicted molar refractivity (Wildman–Crippen MR) is 73.1 cm³/mol. The maximum Gasteiger partial charge on any atom is 0.126 e. The first-order valence-corrected chi connectivity index (χ1v) is 6.80. The number of fused-ring (bicyclic) bond motifs is 1. The van der Waals surface area contributed by atoms with Gasteiger partial charge in [0.15, 0.2) is 0 Å². The van der Waals surface area contributed by atoms with Crippen LogP contribution in [0, 0.1) is 13.8 Å². The first-order chi connectivity index (χ1) is 8.72. The molecule has 0 aromatic heterocycles. The molecule has 1 aliphatic rings. The van der Waals surface area contributed by atoms with E-state index in [-0.39, 0.29) is 6.61 Å². The van der Waals surface area contributed by atoms with Gasteiger partial charge in [0.2, 0.25) is 0 Å². The van der Waals surface area contributed by atoms with Gasteiger partial charge >= 0.3 is 0 Å². The van der Waals surface area contributed by atoms with Crippen LogP contribution in [0.3, 0.4) is 0 Å². The van der Waals surface area contributed by atoms with Crippen LogP contribution in [0.1, 0.15) is 42.0 Å². The SMILES string of the molecule is Cc1cc(C)c2c(c1)C(NCCCO)CCCO2. The Hall–Kier alpha value is -1.06. The van der Waals surface area contributed by atoms with Crippen LogP contribution in [0.4, 0.5) is 0 Å². The molecule has 0 amide bonds. The van der Waals surface area contributed by atoms with Crippen molar-refractivity contribution in [2.45, 2.75) is 39.2 Å². The second kappa shape index (κ2) is 6.21.